The molecule has 0 radical (unpaired) electrons. The molecule has 2 heterocycles. The zero-order chi connectivity index (χ0) is 15.2. The molecule has 4 nitrogen and oxygen atoms in total. The lowest BCUT2D eigenvalue weighted by molar-refractivity contribution is 0.393. The average Bonchev–Trinajstić information content (AvgIpc) is 2.52. The summed E-state index contributed by atoms with van der Waals surface area (Å²) in [4.78, 5) is 11.9. The highest BCUT2D eigenvalue weighted by atomic mass is 15.2. The third kappa shape index (κ3) is 4.32. The molecule has 0 aromatic carbocycles. The second kappa shape index (κ2) is 7.62. The quantitative estimate of drug-likeness (QED) is 0.858. The normalized spacial score (nSPS) is 16.5. The zero-order valence-electron chi connectivity index (χ0n) is 14.0. The molecule has 0 saturated carbocycles. The van der Waals surface area contributed by atoms with Crippen molar-refractivity contribution in [1.82, 2.24) is 9.97 Å². The maximum atomic E-state index is 4.79. The van der Waals surface area contributed by atoms with Crippen LogP contribution >= 0.6 is 0 Å². The molecule has 0 spiro atoms. The molecule has 1 saturated heterocycles. The van der Waals surface area contributed by atoms with Crippen LogP contribution in [0, 0.1) is 5.92 Å². The number of nitrogens with one attached hydrogen (secondary N) is 1. The van der Waals surface area contributed by atoms with Gasteiger partial charge in [-0.15, -0.1) is 0 Å². The fraction of sp³-hybridized carbons (Fsp3) is 0.765. The monoisotopic (exact) mass is 290 g/mol. The van der Waals surface area contributed by atoms with Crippen molar-refractivity contribution in [2.45, 2.75) is 59.3 Å². The molecule has 0 unspecified atom stereocenters. The summed E-state index contributed by atoms with van der Waals surface area (Å²) in [6.45, 7) is 12.0. The van der Waals surface area contributed by atoms with E-state index in [0.29, 0.717) is 5.92 Å². The van der Waals surface area contributed by atoms with Crippen molar-refractivity contribution >= 4 is 11.6 Å². The van der Waals surface area contributed by atoms with Gasteiger partial charge in [0.1, 0.15) is 17.5 Å². The highest BCUT2D eigenvalue weighted by molar-refractivity contribution is 5.50. The first-order valence-corrected chi connectivity index (χ1v) is 8.51. The number of anilines is 2. The minimum atomic E-state index is 0.361. The maximum Gasteiger partial charge on any atom is 0.135 e. The second-order valence-electron chi connectivity index (χ2n) is 6.39. The van der Waals surface area contributed by atoms with Gasteiger partial charge in [0.05, 0.1) is 0 Å². The van der Waals surface area contributed by atoms with Crippen molar-refractivity contribution in [2.75, 3.05) is 29.9 Å². The minimum absolute atomic E-state index is 0.361. The van der Waals surface area contributed by atoms with E-state index in [9.17, 15) is 0 Å². The molecule has 1 fully saturated rings. The number of aromatic nitrogens is 2. The summed E-state index contributed by atoms with van der Waals surface area (Å²) in [5.74, 6) is 4.28. The standard InChI is InChI=1S/C17H30N4/c1-5-9-18-15-12-16(20-17(19-15)13(3)4)21-10-7-14(6-2)8-11-21/h12-14H,5-11H2,1-4H3,(H,18,19,20). The molecule has 1 N–H and O–H groups in total. The Hall–Kier alpha value is -1.32. The molecule has 0 aliphatic carbocycles. The van der Waals surface area contributed by atoms with Crippen LogP contribution in [0.5, 0.6) is 0 Å². The predicted octanol–water partition coefficient (Wildman–Crippen LogP) is 4.05. The Morgan fingerprint density at radius 1 is 1.24 bits per heavy atom. The zero-order valence-corrected chi connectivity index (χ0v) is 14.0. The van der Waals surface area contributed by atoms with E-state index in [2.05, 4.69) is 49.0 Å². The van der Waals surface area contributed by atoms with Crippen LogP contribution < -0.4 is 10.2 Å². The lowest BCUT2D eigenvalue weighted by Crippen LogP contribution is -2.34. The Kier molecular flexibility index (Phi) is 5.83. The van der Waals surface area contributed by atoms with Gasteiger partial charge in [0.2, 0.25) is 0 Å². The summed E-state index contributed by atoms with van der Waals surface area (Å²) in [6.07, 6.45) is 4.99. The van der Waals surface area contributed by atoms with Gasteiger partial charge in [-0.3, -0.25) is 0 Å². The van der Waals surface area contributed by atoms with Crippen molar-refractivity contribution < 1.29 is 0 Å². The summed E-state index contributed by atoms with van der Waals surface area (Å²) in [5, 5.41) is 3.41. The molecule has 1 aliphatic rings. The van der Waals surface area contributed by atoms with Crippen molar-refractivity contribution in [3.8, 4) is 0 Å². The van der Waals surface area contributed by atoms with E-state index in [1.54, 1.807) is 0 Å². The molecule has 4 heteroatoms. The summed E-state index contributed by atoms with van der Waals surface area (Å²) >= 11 is 0. The molecule has 0 bridgehead atoms. The van der Waals surface area contributed by atoms with E-state index >= 15 is 0 Å². The SMILES string of the molecule is CCCNc1cc(N2CCC(CC)CC2)nc(C(C)C)n1. The van der Waals surface area contributed by atoms with Gasteiger partial charge in [0.25, 0.3) is 0 Å². The van der Waals surface area contributed by atoms with Gasteiger partial charge >= 0.3 is 0 Å². The lowest BCUT2D eigenvalue weighted by atomic mass is 9.94. The van der Waals surface area contributed by atoms with E-state index in [0.717, 1.165) is 49.4 Å². The molecule has 1 aromatic heterocycles. The molecule has 1 aliphatic heterocycles. The first-order valence-electron chi connectivity index (χ1n) is 8.51. The third-order valence-corrected chi connectivity index (χ3v) is 4.32. The van der Waals surface area contributed by atoms with Crippen LogP contribution in [-0.4, -0.2) is 29.6 Å². The van der Waals surface area contributed by atoms with Gasteiger partial charge in [-0.1, -0.05) is 34.1 Å². The van der Waals surface area contributed by atoms with E-state index in [-0.39, 0.29) is 0 Å². The largest absolute Gasteiger partial charge is 0.370 e. The number of nitrogens with zero attached hydrogens (tertiary/aromatic N) is 3. The highest BCUT2D eigenvalue weighted by Crippen LogP contribution is 2.26. The first kappa shape index (κ1) is 16.1. The molecule has 1 aromatic rings. The van der Waals surface area contributed by atoms with Crippen molar-refractivity contribution in [3.63, 3.8) is 0 Å². The molecule has 0 atom stereocenters. The summed E-state index contributed by atoms with van der Waals surface area (Å²) in [6, 6.07) is 2.12. The molecule has 118 valence electrons. The van der Waals surface area contributed by atoms with Crippen LogP contribution in [0.25, 0.3) is 0 Å². The summed E-state index contributed by atoms with van der Waals surface area (Å²) in [5.41, 5.74) is 0. The van der Waals surface area contributed by atoms with E-state index < -0.39 is 0 Å². The minimum Gasteiger partial charge on any atom is -0.370 e. The predicted molar refractivity (Wildman–Crippen MR) is 90.1 cm³/mol. The van der Waals surface area contributed by atoms with Crippen LogP contribution in [0.3, 0.4) is 0 Å². The van der Waals surface area contributed by atoms with Crippen LogP contribution in [-0.2, 0) is 0 Å². The van der Waals surface area contributed by atoms with Gasteiger partial charge in [-0.05, 0) is 25.2 Å². The van der Waals surface area contributed by atoms with E-state index in [4.69, 9.17) is 4.98 Å². The van der Waals surface area contributed by atoms with Crippen LogP contribution in [0.15, 0.2) is 6.07 Å². The van der Waals surface area contributed by atoms with Crippen LogP contribution in [0.4, 0.5) is 11.6 Å². The van der Waals surface area contributed by atoms with Gasteiger partial charge in [-0.2, -0.15) is 0 Å². The topological polar surface area (TPSA) is 41.0 Å². The van der Waals surface area contributed by atoms with Gasteiger partial charge < -0.3 is 10.2 Å². The maximum absolute atomic E-state index is 4.79. The van der Waals surface area contributed by atoms with Gasteiger partial charge in [-0.25, -0.2) is 9.97 Å². The van der Waals surface area contributed by atoms with Crippen LogP contribution in [0.1, 0.15) is 65.1 Å². The average molecular weight is 290 g/mol. The van der Waals surface area contributed by atoms with E-state index in [1.165, 1.54) is 19.3 Å². The summed E-state index contributed by atoms with van der Waals surface area (Å²) in [7, 11) is 0. The van der Waals surface area contributed by atoms with Gasteiger partial charge in [0, 0.05) is 31.6 Å². The third-order valence-electron chi connectivity index (χ3n) is 4.32. The Bertz CT molecular complexity index is 436. The number of hydrogen-bond donors (Lipinski definition) is 1. The Labute approximate surface area is 129 Å². The second-order valence-corrected chi connectivity index (χ2v) is 6.39. The Balaban J connectivity index is 2.15. The molecule has 2 rings (SSSR count). The van der Waals surface area contributed by atoms with Gasteiger partial charge in [0.15, 0.2) is 0 Å². The molecule has 21 heavy (non-hydrogen) atoms. The fourth-order valence-electron chi connectivity index (χ4n) is 2.79. The number of rotatable bonds is 6. The Morgan fingerprint density at radius 2 is 1.95 bits per heavy atom. The molecular weight excluding hydrogens is 260 g/mol. The van der Waals surface area contributed by atoms with Crippen molar-refractivity contribution in [1.29, 1.82) is 0 Å². The first-order chi connectivity index (χ1) is 10.1. The lowest BCUT2D eigenvalue weighted by Gasteiger charge is -2.32. The van der Waals surface area contributed by atoms with Crippen LogP contribution in [0.2, 0.25) is 0 Å². The summed E-state index contributed by atoms with van der Waals surface area (Å²) < 4.78 is 0. The number of hydrogen-bond acceptors (Lipinski definition) is 4. The smallest absolute Gasteiger partial charge is 0.135 e. The highest BCUT2D eigenvalue weighted by Gasteiger charge is 2.20. The van der Waals surface area contributed by atoms with Crippen molar-refractivity contribution in [3.05, 3.63) is 11.9 Å². The van der Waals surface area contributed by atoms with Crippen molar-refractivity contribution in [2.24, 2.45) is 5.92 Å². The number of piperidine rings is 1. The molecular formula is C17H30N4. The fourth-order valence-corrected chi connectivity index (χ4v) is 2.79. The molecule has 0 amide bonds. The Morgan fingerprint density at radius 3 is 2.52 bits per heavy atom. The van der Waals surface area contributed by atoms with E-state index in [1.807, 2.05) is 0 Å².